The summed E-state index contributed by atoms with van der Waals surface area (Å²) in [4.78, 5) is 6.41. The molecule has 2 aromatic rings. The summed E-state index contributed by atoms with van der Waals surface area (Å²) in [6, 6.07) is 10.1. The summed E-state index contributed by atoms with van der Waals surface area (Å²) >= 11 is 0. The molecule has 0 fully saturated rings. The number of aromatic nitrogens is 1. The molecule has 18 heavy (non-hydrogen) atoms. The van der Waals surface area contributed by atoms with Gasteiger partial charge in [0, 0.05) is 31.7 Å². The second kappa shape index (κ2) is 5.48. The van der Waals surface area contributed by atoms with Gasteiger partial charge in [-0.05, 0) is 13.1 Å². The normalized spacial score (nSPS) is 10.3. The number of rotatable bonds is 4. The van der Waals surface area contributed by atoms with Gasteiger partial charge in [-0.15, -0.1) is 0 Å². The van der Waals surface area contributed by atoms with Gasteiger partial charge in [0.2, 0.25) is 0 Å². The molecule has 1 aromatic carbocycles. The smallest absolute Gasteiger partial charge is 0.103 e. The van der Waals surface area contributed by atoms with Crippen molar-refractivity contribution in [2.24, 2.45) is 0 Å². The summed E-state index contributed by atoms with van der Waals surface area (Å²) in [5, 5.41) is 13.4. The van der Waals surface area contributed by atoms with Gasteiger partial charge in [-0.1, -0.05) is 18.2 Å². The quantitative estimate of drug-likeness (QED) is 0.884. The minimum atomic E-state index is 0.618. The van der Waals surface area contributed by atoms with Gasteiger partial charge in [0.15, 0.2) is 0 Å². The maximum Gasteiger partial charge on any atom is 0.103 e. The Bertz CT molecular complexity index is 586. The van der Waals surface area contributed by atoms with Crippen LogP contribution in [0.1, 0.15) is 5.56 Å². The minimum absolute atomic E-state index is 0.618. The number of nitrogens with one attached hydrogen (secondary N) is 1. The molecular formula is C14H16N4. The van der Waals surface area contributed by atoms with Crippen molar-refractivity contribution in [1.29, 1.82) is 5.26 Å². The molecule has 4 nitrogen and oxygen atoms in total. The Balaban J connectivity index is 2.54. The zero-order valence-corrected chi connectivity index (χ0v) is 10.6. The number of benzene rings is 1. The molecule has 1 N–H and O–H groups in total. The third-order valence-electron chi connectivity index (χ3n) is 2.95. The van der Waals surface area contributed by atoms with Gasteiger partial charge < -0.3 is 10.2 Å². The number of fused-ring (bicyclic) bond motifs is 1. The van der Waals surface area contributed by atoms with Crippen LogP contribution in [0.25, 0.3) is 10.9 Å². The van der Waals surface area contributed by atoms with Crippen molar-refractivity contribution < 1.29 is 0 Å². The third-order valence-corrected chi connectivity index (χ3v) is 2.95. The molecule has 0 aliphatic carbocycles. The van der Waals surface area contributed by atoms with Crippen LogP contribution in [-0.2, 0) is 0 Å². The average molecular weight is 240 g/mol. The van der Waals surface area contributed by atoms with Gasteiger partial charge in [0.1, 0.15) is 6.07 Å². The van der Waals surface area contributed by atoms with Gasteiger partial charge in [-0.25, -0.2) is 0 Å². The van der Waals surface area contributed by atoms with E-state index < -0.39 is 0 Å². The summed E-state index contributed by atoms with van der Waals surface area (Å²) in [5.74, 6) is 0. The third kappa shape index (κ3) is 2.27. The Morgan fingerprint density at radius 1 is 1.39 bits per heavy atom. The molecule has 0 bridgehead atoms. The van der Waals surface area contributed by atoms with Gasteiger partial charge in [0.05, 0.1) is 16.8 Å². The van der Waals surface area contributed by atoms with Crippen LogP contribution in [0.15, 0.2) is 30.5 Å². The summed E-state index contributed by atoms with van der Waals surface area (Å²) in [7, 11) is 3.92. The zero-order chi connectivity index (χ0) is 13.0. The van der Waals surface area contributed by atoms with E-state index in [1.807, 2.05) is 38.4 Å². The monoisotopic (exact) mass is 240 g/mol. The van der Waals surface area contributed by atoms with E-state index in [0.717, 1.165) is 29.7 Å². The van der Waals surface area contributed by atoms with E-state index in [1.165, 1.54) is 0 Å². The highest BCUT2D eigenvalue weighted by Crippen LogP contribution is 2.27. The lowest BCUT2D eigenvalue weighted by atomic mass is 10.1. The van der Waals surface area contributed by atoms with Crippen LogP contribution in [-0.4, -0.2) is 32.2 Å². The lowest BCUT2D eigenvalue weighted by molar-refractivity contribution is 0.768. The lowest BCUT2D eigenvalue weighted by Gasteiger charge is -2.21. The Hall–Kier alpha value is -2.12. The van der Waals surface area contributed by atoms with Crippen molar-refractivity contribution in [3.05, 3.63) is 36.0 Å². The first-order valence-corrected chi connectivity index (χ1v) is 5.91. The topological polar surface area (TPSA) is 52.0 Å². The first-order valence-electron chi connectivity index (χ1n) is 5.91. The number of para-hydroxylation sites is 1. The molecular weight excluding hydrogens is 224 g/mol. The maximum absolute atomic E-state index is 9.22. The van der Waals surface area contributed by atoms with Gasteiger partial charge in [-0.2, -0.15) is 5.26 Å². The molecule has 0 amide bonds. The molecule has 0 saturated carbocycles. The summed E-state index contributed by atoms with van der Waals surface area (Å²) < 4.78 is 0. The molecule has 0 unspecified atom stereocenters. The number of nitriles is 1. The summed E-state index contributed by atoms with van der Waals surface area (Å²) in [6.07, 6.45) is 1.65. The molecule has 0 aliphatic heterocycles. The minimum Gasteiger partial charge on any atom is -0.372 e. The molecule has 2 rings (SSSR count). The standard InChI is InChI=1S/C14H16N4/c1-16-7-8-18(2)14-11(9-15)10-17-13-6-4-3-5-12(13)14/h3-6,10,16H,7-8H2,1-2H3. The number of pyridine rings is 1. The van der Waals surface area contributed by atoms with E-state index in [-0.39, 0.29) is 0 Å². The zero-order valence-electron chi connectivity index (χ0n) is 10.6. The van der Waals surface area contributed by atoms with E-state index in [9.17, 15) is 5.26 Å². The molecule has 0 spiro atoms. The highest BCUT2D eigenvalue weighted by atomic mass is 15.1. The average Bonchev–Trinajstić information content (AvgIpc) is 2.43. The van der Waals surface area contributed by atoms with Crippen molar-refractivity contribution in [3.63, 3.8) is 0 Å². The number of likely N-dealkylation sites (N-methyl/N-ethyl adjacent to an activating group) is 2. The molecule has 1 heterocycles. The van der Waals surface area contributed by atoms with Crippen molar-refractivity contribution in [1.82, 2.24) is 10.3 Å². The fourth-order valence-corrected chi connectivity index (χ4v) is 2.01. The maximum atomic E-state index is 9.22. The van der Waals surface area contributed by atoms with Crippen LogP contribution in [0.3, 0.4) is 0 Å². The van der Waals surface area contributed by atoms with E-state index in [0.29, 0.717) is 5.56 Å². The van der Waals surface area contributed by atoms with Crippen molar-refractivity contribution >= 4 is 16.6 Å². The molecule has 0 atom stereocenters. The molecule has 92 valence electrons. The van der Waals surface area contributed by atoms with Crippen molar-refractivity contribution in [2.45, 2.75) is 0 Å². The fourth-order valence-electron chi connectivity index (χ4n) is 2.01. The van der Waals surface area contributed by atoms with Crippen LogP contribution in [0.4, 0.5) is 5.69 Å². The van der Waals surface area contributed by atoms with Crippen LogP contribution < -0.4 is 10.2 Å². The predicted octanol–water partition coefficient (Wildman–Crippen LogP) is 1.76. The number of nitrogens with zero attached hydrogens (tertiary/aromatic N) is 3. The Morgan fingerprint density at radius 2 is 2.17 bits per heavy atom. The molecule has 4 heteroatoms. The highest BCUT2D eigenvalue weighted by Gasteiger charge is 2.12. The van der Waals surface area contributed by atoms with Crippen LogP contribution in [0.2, 0.25) is 0 Å². The van der Waals surface area contributed by atoms with Gasteiger partial charge >= 0.3 is 0 Å². The molecule has 0 radical (unpaired) electrons. The molecule has 0 aliphatic rings. The van der Waals surface area contributed by atoms with Gasteiger partial charge in [-0.3, -0.25) is 4.98 Å². The van der Waals surface area contributed by atoms with E-state index in [1.54, 1.807) is 6.20 Å². The second-order valence-electron chi connectivity index (χ2n) is 4.17. The van der Waals surface area contributed by atoms with Crippen molar-refractivity contribution in [2.75, 3.05) is 32.1 Å². The first-order chi connectivity index (χ1) is 8.77. The van der Waals surface area contributed by atoms with Crippen LogP contribution in [0, 0.1) is 11.3 Å². The number of hydrogen-bond donors (Lipinski definition) is 1. The Labute approximate surface area is 107 Å². The molecule has 1 aromatic heterocycles. The lowest BCUT2D eigenvalue weighted by Crippen LogP contribution is -2.27. The van der Waals surface area contributed by atoms with Crippen LogP contribution >= 0.6 is 0 Å². The number of anilines is 1. The largest absolute Gasteiger partial charge is 0.372 e. The SMILES string of the molecule is CNCCN(C)c1c(C#N)cnc2ccccc12. The van der Waals surface area contributed by atoms with Crippen molar-refractivity contribution in [3.8, 4) is 6.07 Å². The first kappa shape index (κ1) is 12.3. The summed E-state index contributed by atoms with van der Waals surface area (Å²) in [5.41, 5.74) is 2.49. The highest BCUT2D eigenvalue weighted by molar-refractivity contribution is 5.94. The van der Waals surface area contributed by atoms with E-state index >= 15 is 0 Å². The Morgan fingerprint density at radius 3 is 2.89 bits per heavy atom. The van der Waals surface area contributed by atoms with Gasteiger partial charge in [0.25, 0.3) is 0 Å². The van der Waals surface area contributed by atoms with Crippen LogP contribution in [0.5, 0.6) is 0 Å². The number of hydrogen-bond acceptors (Lipinski definition) is 4. The summed E-state index contributed by atoms with van der Waals surface area (Å²) in [6.45, 7) is 1.72. The molecule has 0 saturated heterocycles. The fraction of sp³-hybridized carbons (Fsp3) is 0.286. The second-order valence-corrected chi connectivity index (χ2v) is 4.17. The van der Waals surface area contributed by atoms with E-state index in [2.05, 4.69) is 21.3 Å². The Kier molecular flexibility index (Phi) is 3.75. The van der Waals surface area contributed by atoms with E-state index in [4.69, 9.17) is 0 Å². The predicted molar refractivity (Wildman–Crippen MR) is 73.7 cm³/mol.